The van der Waals surface area contributed by atoms with Crippen LogP contribution in [0.1, 0.15) is 32.6 Å². The zero-order chi connectivity index (χ0) is 13.2. The number of ether oxygens (including phenoxy) is 1. The molecule has 1 aliphatic carbocycles. The van der Waals surface area contributed by atoms with Crippen molar-refractivity contribution >= 4 is 9.84 Å². The smallest absolute Gasteiger partial charge is 0.150 e. The van der Waals surface area contributed by atoms with Crippen LogP contribution in [0.3, 0.4) is 0 Å². The van der Waals surface area contributed by atoms with E-state index in [2.05, 4.69) is 12.2 Å². The van der Waals surface area contributed by atoms with Crippen LogP contribution in [0.15, 0.2) is 0 Å². The van der Waals surface area contributed by atoms with Crippen molar-refractivity contribution in [3.63, 3.8) is 0 Å². The van der Waals surface area contributed by atoms with Gasteiger partial charge in [-0.2, -0.15) is 0 Å². The van der Waals surface area contributed by atoms with Crippen LogP contribution in [-0.2, 0) is 14.6 Å². The highest BCUT2D eigenvalue weighted by atomic mass is 32.2. The van der Waals surface area contributed by atoms with Gasteiger partial charge in [-0.15, -0.1) is 0 Å². The van der Waals surface area contributed by atoms with Crippen molar-refractivity contribution in [1.82, 2.24) is 5.32 Å². The van der Waals surface area contributed by atoms with Gasteiger partial charge in [-0.25, -0.2) is 8.42 Å². The topological polar surface area (TPSA) is 55.4 Å². The van der Waals surface area contributed by atoms with Gasteiger partial charge in [0.05, 0.1) is 17.6 Å². The number of sulfone groups is 1. The summed E-state index contributed by atoms with van der Waals surface area (Å²) in [4.78, 5) is 0. The molecule has 1 saturated carbocycles. The lowest BCUT2D eigenvalue weighted by atomic mass is 9.87. The minimum atomic E-state index is -2.77. The number of methoxy groups -OCH3 is 1. The Morgan fingerprint density at radius 1 is 1.33 bits per heavy atom. The van der Waals surface area contributed by atoms with Gasteiger partial charge in [0.1, 0.15) is 0 Å². The highest BCUT2D eigenvalue weighted by Gasteiger charge is 2.35. The second kappa shape index (κ2) is 5.88. The summed E-state index contributed by atoms with van der Waals surface area (Å²) >= 11 is 0. The first kappa shape index (κ1) is 14.3. The molecule has 106 valence electrons. The quantitative estimate of drug-likeness (QED) is 0.759. The van der Waals surface area contributed by atoms with Gasteiger partial charge in [0.15, 0.2) is 9.84 Å². The molecule has 2 rings (SSSR count). The monoisotopic (exact) mass is 275 g/mol. The maximum Gasteiger partial charge on any atom is 0.150 e. The average Bonchev–Trinajstić information content (AvgIpc) is 3.07. The fourth-order valence-electron chi connectivity index (χ4n) is 2.77. The Bertz CT molecular complexity index is 364. The predicted octanol–water partition coefficient (Wildman–Crippen LogP) is 1.21. The number of hydrogen-bond acceptors (Lipinski definition) is 4. The van der Waals surface area contributed by atoms with Crippen molar-refractivity contribution in [2.45, 2.75) is 44.8 Å². The Balaban J connectivity index is 1.89. The Kier molecular flexibility index (Phi) is 4.67. The van der Waals surface area contributed by atoms with E-state index in [1.54, 1.807) is 7.11 Å². The van der Waals surface area contributed by atoms with E-state index in [1.165, 1.54) is 12.8 Å². The summed E-state index contributed by atoms with van der Waals surface area (Å²) in [5.74, 6) is 1.50. The molecule has 2 fully saturated rings. The first-order chi connectivity index (χ1) is 8.50. The SMILES string of the molecule is COC(C)CC(CNC1CC1)C1CCS(=O)(=O)C1. The van der Waals surface area contributed by atoms with Crippen molar-refractivity contribution in [2.24, 2.45) is 11.8 Å². The number of nitrogens with one attached hydrogen (secondary N) is 1. The molecule has 0 radical (unpaired) electrons. The molecule has 1 heterocycles. The maximum atomic E-state index is 11.6. The molecule has 0 aromatic heterocycles. The second-order valence-corrected chi connectivity index (χ2v) is 8.12. The van der Waals surface area contributed by atoms with Crippen LogP contribution < -0.4 is 5.32 Å². The van der Waals surface area contributed by atoms with E-state index in [9.17, 15) is 8.42 Å². The number of hydrogen-bond donors (Lipinski definition) is 1. The summed E-state index contributed by atoms with van der Waals surface area (Å²) in [6.07, 6.45) is 4.54. The van der Waals surface area contributed by atoms with E-state index in [0.717, 1.165) is 19.4 Å². The minimum absolute atomic E-state index is 0.208. The molecule has 0 bridgehead atoms. The Morgan fingerprint density at radius 3 is 2.56 bits per heavy atom. The molecule has 3 unspecified atom stereocenters. The van der Waals surface area contributed by atoms with Gasteiger partial charge in [0.25, 0.3) is 0 Å². The largest absolute Gasteiger partial charge is 0.382 e. The lowest BCUT2D eigenvalue weighted by Gasteiger charge is -2.25. The van der Waals surface area contributed by atoms with Crippen LogP contribution in [0, 0.1) is 11.8 Å². The van der Waals surface area contributed by atoms with Gasteiger partial charge in [-0.05, 0) is 51.0 Å². The molecule has 2 aliphatic rings. The molecule has 18 heavy (non-hydrogen) atoms. The Hall–Kier alpha value is -0.130. The van der Waals surface area contributed by atoms with Crippen molar-refractivity contribution in [1.29, 1.82) is 0 Å². The summed E-state index contributed by atoms with van der Waals surface area (Å²) in [6, 6.07) is 0.684. The summed E-state index contributed by atoms with van der Waals surface area (Å²) in [5.41, 5.74) is 0. The predicted molar refractivity (Wildman–Crippen MR) is 72.4 cm³/mol. The van der Waals surface area contributed by atoms with Crippen LogP contribution in [0.5, 0.6) is 0 Å². The summed E-state index contributed by atoms with van der Waals surface area (Å²) in [7, 11) is -1.05. The van der Waals surface area contributed by atoms with Crippen molar-refractivity contribution in [2.75, 3.05) is 25.2 Å². The van der Waals surface area contributed by atoms with Crippen molar-refractivity contribution < 1.29 is 13.2 Å². The third-order valence-electron chi connectivity index (χ3n) is 4.22. The molecular weight excluding hydrogens is 250 g/mol. The molecule has 0 aromatic rings. The first-order valence-electron chi connectivity index (χ1n) is 6.97. The van der Waals surface area contributed by atoms with Gasteiger partial charge in [0.2, 0.25) is 0 Å². The summed E-state index contributed by atoms with van der Waals surface area (Å²) < 4.78 is 28.5. The van der Waals surface area contributed by atoms with E-state index in [4.69, 9.17) is 4.74 Å². The third kappa shape index (κ3) is 4.21. The fourth-order valence-corrected chi connectivity index (χ4v) is 4.69. The molecule has 0 aromatic carbocycles. The average molecular weight is 275 g/mol. The Morgan fingerprint density at radius 2 is 2.06 bits per heavy atom. The lowest BCUT2D eigenvalue weighted by molar-refractivity contribution is 0.0852. The lowest BCUT2D eigenvalue weighted by Crippen LogP contribution is -2.32. The highest BCUT2D eigenvalue weighted by Crippen LogP contribution is 2.30. The molecule has 4 nitrogen and oxygen atoms in total. The van der Waals surface area contributed by atoms with Gasteiger partial charge >= 0.3 is 0 Å². The molecule has 5 heteroatoms. The van der Waals surface area contributed by atoms with Gasteiger partial charge in [-0.1, -0.05) is 0 Å². The van der Waals surface area contributed by atoms with Crippen LogP contribution in [0.25, 0.3) is 0 Å². The summed E-state index contributed by atoms with van der Waals surface area (Å²) in [5, 5.41) is 3.54. The molecule has 1 saturated heterocycles. The van der Waals surface area contributed by atoms with Crippen molar-refractivity contribution in [3.05, 3.63) is 0 Å². The van der Waals surface area contributed by atoms with Gasteiger partial charge in [-0.3, -0.25) is 0 Å². The molecule has 1 aliphatic heterocycles. The molecule has 0 amide bonds. The normalized spacial score (nSPS) is 30.2. The van der Waals surface area contributed by atoms with Gasteiger partial charge < -0.3 is 10.1 Å². The zero-order valence-electron chi connectivity index (χ0n) is 11.4. The maximum absolute atomic E-state index is 11.6. The van der Waals surface area contributed by atoms with E-state index < -0.39 is 9.84 Å². The van der Waals surface area contributed by atoms with E-state index in [-0.39, 0.29) is 6.10 Å². The first-order valence-corrected chi connectivity index (χ1v) is 8.79. The van der Waals surface area contributed by atoms with E-state index >= 15 is 0 Å². The zero-order valence-corrected chi connectivity index (χ0v) is 12.2. The highest BCUT2D eigenvalue weighted by molar-refractivity contribution is 7.91. The van der Waals surface area contributed by atoms with Crippen LogP contribution in [-0.4, -0.2) is 45.7 Å². The summed E-state index contributed by atoms with van der Waals surface area (Å²) in [6.45, 7) is 3.01. The minimum Gasteiger partial charge on any atom is -0.382 e. The third-order valence-corrected chi connectivity index (χ3v) is 6.01. The molecule has 0 spiro atoms. The molecular formula is C13H25NO3S. The van der Waals surface area contributed by atoms with E-state index in [0.29, 0.717) is 29.4 Å². The number of rotatable bonds is 7. The fraction of sp³-hybridized carbons (Fsp3) is 1.00. The van der Waals surface area contributed by atoms with Crippen LogP contribution in [0.2, 0.25) is 0 Å². The van der Waals surface area contributed by atoms with Crippen LogP contribution in [0.4, 0.5) is 0 Å². The molecule has 1 N–H and O–H groups in total. The second-order valence-electron chi connectivity index (χ2n) is 5.89. The van der Waals surface area contributed by atoms with Crippen molar-refractivity contribution in [3.8, 4) is 0 Å². The van der Waals surface area contributed by atoms with E-state index in [1.807, 2.05) is 0 Å². The molecule has 3 atom stereocenters. The standard InChI is InChI=1S/C13H25NO3S/c1-10(17-2)7-12(8-14-13-3-4-13)11-5-6-18(15,16)9-11/h10-14H,3-9H2,1-2H3. The van der Waals surface area contributed by atoms with Gasteiger partial charge in [0, 0.05) is 13.2 Å². The Labute approximate surface area is 110 Å². The van der Waals surface area contributed by atoms with Crippen LogP contribution >= 0.6 is 0 Å².